The second-order valence-electron chi connectivity index (χ2n) is 5.26. The van der Waals surface area contributed by atoms with Gasteiger partial charge in [0.15, 0.2) is 0 Å². The number of amides is 1. The van der Waals surface area contributed by atoms with E-state index < -0.39 is 0 Å². The van der Waals surface area contributed by atoms with Gasteiger partial charge in [0.1, 0.15) is 5.75 Å². The fourth-order valence-electron chi connectivity index (χ4n) is 2.61. The van der Waals surface area contributed by atoms with Crippen LogP contribution in [0.25, 0.3) is 6.08 Å². The molecule has 1 aromatic rings. The average Bonchev–Trinajstić information content (AvgIpc) is 3.00. The minimum atomic E-state index is -0.270. The number of aliphatic hydroxyl groups excluding tert-OH is 1. The summed E-state index contributed by atoms with van der Waals surface area (Å²) in [5.74, 6) is 0.894. The van der Waals surface area contributed by atoms with E-state index in [2.05, 4.69) is 6.07 Å². The Hall–Kier alpha value is -1.85. The maximum atomic E-state index is 12.1. The Morgan fingerprint density at radius 2 is 2.33 bits per heavy atom. The maximum Gasteiger partial charge on any atom is 0.246 e. The number of aliphatic hydroxyl groups is 1. The van der Waals surface area contributed by atoms with E-state index in [1.54, 1.807) is 11.0 Å². The van der Waals surface area contributed by atoms with Crippen molar-refractivity contribution in [3.63, 3.8) is 0 Å². The standard InChI is InChI=1S/C16H19NO4/c18-11-14-10-17(6-8-20-14)16(19)4-2-12-1-3-15-13(9-12)5-7-21-15/h1-4,9,14,18H,5-8,10-11H2/b4-2+. The highest BCUT2D eigenvalue weighted by atomic mass is 16.5. The first-order valence-corrected chi connectivity index (χ1v) is 7.21. The summed E-state index contributed by atoms with van der Waals surface area (Å²) < 4.78 is 10.8. The Bertz CT molecular complexity index is 555. The van der Waals surface area contributed by atoms with Crippen LogP contribution in [-0.2, 0) is 16.0 Å². The minimum Gasteiger partial charge on any atom is -0.493 e. The third kappa shape index (κ3) is 3.25. The molecular weight excluding hydrogens is 270 g/mol. The van der Waals surface area contributed by atoms with E-state index in [1.165, 1.54) is 5.56 Å². The molecule has 0 aromatic heterocycles. The van der Waals surface area contributed by atoms with Gasteiger partial charge in [-0.3, -0.25) is 4.79 Å². The Balaban J connectivity index is 1.64. The number of fused-ring (bicyclic) bond motifs is 1. The first-order valence-electron chi connectivity index (χ1n) is 7.21. The van der Waals surface area contributed by atoms with Gasteiger partial charge in [0.2, 0.25) is 5.91 Å². The Morgan fingerprint density at radius 1 is 1.43 bits per heavy atom. The topological polar surface area (TPSA) is 59.0 Å². The predicted molar refractivity (Wildman–Crippen MR) is 78.1 cm³/mol. The number of rotatable bonds is 3. The average molecular weight is 289 g/mol. The van der Waals surface area contributed by atoms with Crippen LogP contribution in [-0.4, -0.2) is 54.9 Å². The molecule has 2 aliphatic rings. The van der Waals surface area contributed by atoms with Crippen LogP contribution in [0.2, 0.25) is 0 Å². The number of carbonyl (C=O) groups excluding carboxylic acids is 1. The van der Waals surface area contributed by atoms with Crippen LogP contribution < -0.4 is 4.74 Å². The van der Waals surface area contributed by atoms with Crippen LogP contribution in [0.1, 0.15) is 11.1 Å². The van der Waals surface area contributed by atoms with E-state index in [0.29, 0.717) is 19.7 Å². The molecule has 1 unspecified atom stereocenters. The highest BCUT2D eigenvalue weighted by Crippen LogP contribution is 2.26. The van der Waals surface area contributed by atoms with Crippen molar-refractivity contribution in [3.05, 3.63) is 35.4 Å². The largest absolute Gasteiger partial charge is 0.493 e. The summed E-state index contributed by atoms with van der Waals surface area (Å²) in [5.41, 5.74) is 2.19. The molecule has 0 radical (unpaired) electrons. The number of hydrogen-bond donors (Lipinski definition) is 1. The number of carbonyl (C=O) groups is 1. The van der Waals surface area contributed by atoms with Crippen molar-refractivity contribution in [3.8, 4) is 5.75 Å². The zero-order valence-corrected chi connectivity index (χ0v) is 11.8. The lowest BCUT2D eigenvalue weighted by atomic mass is 10.1. The fraction of sp³-hybridized carbons (Fsp3) is 0.438. The van der Waals surface area contributed by atoms with Crippen molar-refractivity contribution in [2.24, 2.45) is 0 Å². The number of nitrogens with zero attached hydrogens (tertiary/aromatic N) is 1. The van der Waals surface area contributed by atoms with Gasteiger partial charge in [-0.05, 0) is 29.3 Å². The molecule has 0 spiro atoms. The van der Waals surface area contributed by atoms with E-state index in [0.717, 1.165) is 24.3 Å². The van der Waals surface area contributed by atoms with E-state index in [4.69, 9.17) is 14.6 Å². The van der Waals surface area contributed by atoms with Crippen LogP contribution in [0.5, 0.6) is 5.75 Å². The van der Waals surface area contributed by atoms with Gasteiger partial charge in [-0.1, -0.05) is 6.07 Å². The second kappa shape index (κ2) is 6.28. The molecule has 0 aliphatic carbocycles. The van der Waals surface area contributed by atoms with Crippen LogP contribution in [0, 0.1) is 0 Å². The van der Waals surface area contributed by atoms with Gasteiger partial charge in [-0.15, -0.1) is 0 Å². The Morgan fingerprint density at radius 3 is 3.19 bits per heavy atom. The molecule has 1 N–H and O–H groups in total. The van der Waals surface area contributed by atoms with Gasteiger partial charge in [-0.2, -0.15) is 0 Å². The van der Waals surface area contributed by atoms with Gasteiger partial charge in [0.05, 0.1) is 25.9 Å². The lowest BCUT2D eigenvalue weighted by Gasteiger charge is -2.31. The van der Waals surface area contributed by atoms with E-state index in [-0.39, 0.29) is 18.6 Å². The van der Waals surface area contributed by atoms with Gasteiger partial charge < -0.3 is 19.5 Å². The molecule has 5 nitrogen and oxygen atoms in total. The quantitative estimate of drug-likeness (QED) is 0.838. The molecule has 1 saturated heterocycles. The van der Waals surface area contributed by atoms with Crippen molar-refractivity contribution < 1.29 is 19.4 Å². The Kier molecular flexibility index (Phi) is 4.22. The van der Waals surface area contributed by atoms with E-state index >= 15 is 0 Å². The number of hydrogen-bond acceptors (Lipinski definition) is 4. The molecule has 2 aliphatic heterocycles. The van der Waals surface area contributed by atoms with Crippen LogP contribution in [0.15, 0.2) is 24.3 Å². The first kappa shape index (κ1) is 14.1. The molecule has 3 rings (SSSR count). The van der Waals surface area contributed by atoms with Crippen molar-refractivity contribution in [2.45, 2.75) is 12.5 Å². The molecule has 5 heteroatoms. The molecule has 2 heterocycles. The lowest BCUT2D eigenvalue weighted by molar-refractivity contribution is -0.134. The summed E-state index contributed by atoms with van der Waals surface area (Å²) in [6.45, 7) is 2.16. The van der Waals surface area contributed by atoms with Crippen molar-refractivity contribution in [1.29, 1.82) is 0 Å². The molecule has 1 aromatic carbocycles. The summed E-state index contributed by atoms with van der Waals surface area (Å²) in [7, 11) is 0. The van der Waals surface area contributed by atoms with Crippen LogP contribution >= 0.6 is 0 Å². The molecule has 1 atom stereocenters. The molecule has 21 heavy (non-hydrogen) atoms. The van der Waals surface area contributed by atoms with Gasteiger partial charge in [0, 0.05) is 25.6 Å². The minimum absolute atomic E-state index is 0.0477. The molecule has 112 valence electrons. The highest BCUT2D eigenvalue weighted by Gasteiger charge is 2.22. The van der Waals surface area contributed by atoms with Crippen molar-refractivity contribution in [1.82, 2.24) is 4.90 Å². The Labute approximate surface area is 123 Å². The van der Waals surface area contributed by atoms with Gasteiger partial charge in [-0.25, -0.2) is 0 Å². The normalized spacial score (nSPS) is 21.4. The van der Waals surface area contributed by atoms with Gasteiger partial charge >= 0.3 is 0 Å². The zero-order chi connectivity index (χ0) is 14.7. The molecule has 0 saturated carbocycles. The summed E-state index contributed by atoms with van der Waals surface area (Å²) in [4.78, 5) is 13.8. The summed E-state index contributed by atoms with van der Waals surface area (Å²) in [6, 6.07) is 5.95. The van der Waals surface area contributed by atoms with E-state index in [1.807, 2.05) is 18.2 Å². The van der Waals surface area contributed by atoms with Crippen molar-refractivity contribution in [2.75, 3.05) is 32.9 Å². The van der Waals surface area contributed by atoms with Crippen LogP contribution in [0.4, 0.5) is 0 Å². The van der Waals surface area contributed by atoms with Crippen molar-refractivity contribution >= 4 is 12.0 Å². The maximum absolute atomic E-state index is 12.1. The SMILES string of the molecule is O=C(/C=C/c1ccc2c(c1)CCO2)N1CCOC(CO)C1. The third-order valence-electron chi connectivity index (χ3n) is 3.79. The third-order valence-corrected chi connectivity index (χ3v) is 3.79. The van der Waals surface area contributed by atoms with Crippen LogP contribution in [0.3, 0.4) is 0 Å². The summed E-state index contributed by atoms with van der Waals surface area (Å²) >= 11 is 0. The molecular formula is C16H19NO4. The summed E-state index contributed by atoms with van der Waals surface area (Å²) in [6.07, 6.45) is 4.06. The second-order valence-corrected chi connectivity index (χ2v) is 5.26. The number of benzene rings is 1. The smallest absolute Gasteiger partial charge is 0.246 e. The van der Waals surface area contributed by atoms with Gasteiger partial charge in [0.25, 0.3) is 0 Å². The first-order chi connectivity index (χ1) is 10.3. The highest BCUT2D eigenvalue weighted by molar-refractivity contribution is 5.91. The number of ether oxygens (including phenoxy) is 2. The fourth-order valence-corrected chi connectivity index (χ4v) is 2.61. The van der Waals surface area contributed by atoms with E-state index in [9.17, 15) is 4.79 Å². The zero-order valence-electron chi connectivity index (χ0n) is 11.8. The molecule has 1 fully saturated rings. The monoisotopic (exact) mass is 289 g/mol. The number of morpholine rings is 1. The lowest BCUT2D eigenvalue weighted by Crippen LogP contribution is -2.46. The molecule has 1 amide bonds. The molecule has 0 bridgehead atoms. The predicted octanol–water partition coefficient (Wildman–Crippen LogP) is 0.854. The summed E-state index contributed by atoms with van der Waals surface area (Å²) in [5, 5.41) is 9.10.